The molecule has 1 saturated heterocycles. The number of ether oxygens (including phenoxy) is 2. The van der Waals surface area contributed by atoms with Crippen molar-refractivity contribution in [2.75, 3.05) is 23.7 Å². The largest absolute Gasteiger partial charge is 0.458 e. The highest BCUT2D eigenvalue weighted by Crippen LogP contribution is 2.40. The van der Waals surface area contributed by atoms with Crippen LogP contribution in [-0.2, 0) is 34.2 Å². The van der Waals surface area contributed by atoms with Crippen LogP contribution < -0.4 is 10.6 Å². The first-order chi connectivity index (χ1) is 21.4. The molecule has 44 heavy (non-hydrogen) atoms. The quantitative estimate of drug-likeness (QED) is 0.165. The van der Waals surface area contributed by atoms with Crippen molar-refractivity contribution in [3.63, 3.8) is 0 Å². The number of carbonyl (C=O) groups is 1. The van der Waals surface area contributed by atoms with E-state index in [0.29, 0.717) is 42.4 Å². The zero-order valence-electron chi connectivity index (χ0n) is 24.6. The van der Waals surface area contributed by atoms with Crippen LogP contribution in [0.15, 0.2) is 49.2 Å². The SMILES string of the molecule is CC(C)n1nnc([C@H]2O[C@@H](n3cnc4c(NCCc5ccccc5)nc(NCCc5cn(C)cn5)nc43)[C@H](O)[C@@H]2OC=O)n1. The van der Waals surface area contributed by atoms with Crippen LogP contribution in [0.25, 0.3) is 11.2 Å². The average molecular weight is 603 g/mol. The van der Waals surface area contributed by atoms with Crippen LogP contribution in [0.3, 0.4) is 0 Å². The van der Waals surface area contributed by atoms with Crippen LogP contribution in [0.1, 0.15) is 49.3 Å². The van der Waals surface area contributed by atoms with Gasteiger partial charge in [0.25, 0.3) is 6.47 Å². The summed E-state index contributed by atoms with van der Waals surface area (Å²) in [5.41, 5.74) is 3.02. The molecular formula is C28H34N12O4. The van der Waals surface area contributed by atoms with E-state index >= 15 is 0 Å². The van der Waals surface area contributed by atoms with E-state index in [1.54, 1.807) is 10.9 Å². The first-order valence-electron chi connectivity index (χ1n) is 14.4. The molecule has 0 aliphatic carbocycles. The molecule has 1 aliphatic rings. The van der Waals surface area contributed by atoms with E-state index < -0.39 is 24.5 Å². The summed E-state index contributed by atoms with van der Waals surface area (Å²) in [5, 5.41) is 30.5. The molecule has 0 unspecified atom stereocenters. The van der Waals surface area contributed by atoms with E-state index in [1.165, 1.54) is 16.7 Å². The minimum atomic E-state index is -1.28. The Kier molecular flexibility index (Phi) is 8.42. The lowest BCUT2D eigenvalue weighted by Crippen LogP contribution is -2.31. The number of hydrogen-bond acceptors (Lipinski definition) is 13. The molecule has 4 aromatic heterocycles. The summed E-state index contributed by atoms with van der Waals surface area (Å²) in [7, 11) is 1.92. The topological polar surface area (TPSA) is 185 Å². The van der Waals surface area contributed by atoms with E-state index in [-0.39, 0.29) is 18.3 Å². The molecule has 4 atom stereocenters. The number of nitrogens with zero attached hydrogens (tertiary/aromatic N) is 10. The Bertz CT molecular complexity index is 1700. The molecule has 3 N–H and O–H groups in total. The number of fused-ring (bicyclic) bond motifs is 1. The normalized spacial score (nSPS) is 19.9. The maximum atomic E-state index is 11.4. The Morgan fingerprint density at radius 1 is 1.09 bits per heavy atom. The van der Waals surface area contributed by atoms with E-state index in [1.807, 2.05) is 49.9 Å². The molecule has 1 aliphatic heterocycles. The summed E-state index contributed by atoms with van der Waals surface area (Å²) in [6.07, 6.45) is 2.33. The lowest BCUT2D eigenvalue weighted by molar-refractivity contribution is -0.140. The number of aliphatic hydroxyl groups is 1. The minimum absolute atomic E-state index is 0.0467. The number of aliphatic hydroxyl groups excluding tert-OH is 1. The number of aryl methyl sites for hydroxylation is 1. The molecule has 230 valence electrons. The Balaban J connectivity index is 1.29. The number of rotatable bonds is 13. The second kappa shape index (κ2) is 12.7. The van der Waals surface area contributed by atoms with Gasteiger partial charge in [0.15, 0.2) is 35.4 Å². The van der Waals surface area contributed by atoms with Gasteiger partial charge in [0.05, 0.1) is 24.4 Å². The summed E-state index contributed by atoms with van der Waals surface area (Å²) in [4.78, 5) is 31.2. The summed E-state index contributed by atoms with van der Waals surface area (Å²) in [6.45, 7) is 5.22. The Labute approximate surface area is 252 Å². The first kappa shape index (κ1) is 29.1. The number of benzene rings is 1. The maximum Gasteiger partial charge on any atom is 0.293 e. The first-order valence-corrected chi connectivity index (χ1v) is 14.4. The fourth-order valence-electron chi connectivity index (χ4n) is 5.05. The number of tetrazole rings is 1. The van der Waals surface area contributed by atoms with Gasteiger partial charge in [-0.2, -0.15) is 14.8 Å². The third-order valence-corrected chi connectivity index (χ3v) is 7.25. The number of anilines is 2. The van der Waals surface area contributed by atoms with Crippen molar-refractivity contribution in [2.24, 2.45) is 7.05 Å². The van der Waals surface area contributed by atoms with E-state index in [0.717, 1.165) is 12.1 Å². The number of carbonyl (C=O) groups excluding carboxylic acids is 1. The van der Waals surface area contributed by atoms with Crippen LogP contribution in [0.2, 0.25) is 0 Å². The van der Waals surface area contributed by atoms with Gasteiger partial charge in [0, 0.05) is 32.8 Å². The van der Waals surface area contributed by atoms with Crippen molar-refractivity contribution < 1.29 is 19.4 Å². The molecule has 0 spiro atoms. The number of imidazole rings is 2. The second-order valence-corrected chi connectivity index (χ2v) is 10.8. The van der Waals surface area contributed by atoms with E-state index in [4.69, 9.17) is 19.4 Å². The minimum Gasteiger partial charge on any atom is -0.458 e. The summed E-state index contributed by atoms with van der Waals surface area (Å²) >= 11 is 0. The van der Waals surface area contributed by atoms with Crippen LogP contribution >= 0.6 is 0 Å². The van der Waals surface area contributed by atoms with Crippen molar-refractivity contribution in [1.82, 2.24) is 49.3 Å². The maximum absolute atomic E-state index is 11.4. The highest BCUT2D eigenvalue weighted by Gasteiger charge is 2.49. The molecule has 1 fully saturated rings. The Morgan fingerprint density at radius 3 is 2.64 bits per heavy atom. The zero-order valence-corrected chi connectivity index (χ0v) is 24.6. The van der Waals surface area contributed by atoms with Crippen LogP contribution in [0.5, 0.6) is 0 Å². The predicted octanol–water partition coefficient (Wildman–Crippen LogP) is 1.61. The average Bonchev–Trinajstić information content (AvgIpc) is 3.81. The molecule has 6 rings (SSSR count). The molecule has 0 bridgehead atoms. The lowest BCUT2D eigenvalue weighted by atomic mass is 10.1. The van der Waals surface area contributed by atoms with Crippen molar-refractivity contribution in [1.29, 1.82) is 0 Å². The smallest absolute Gasteiger partial charge is 0.293 e. The van der Waals surface area contributed by atoms with Crippen LogP contribution in [0, 0.1) is 0 Å². The van der Waals surface area contributed by atoms with Gasteiger partial charge in [-0.1, -0.05) is 30.3 Å². The molecular weight excluding hydrogens is 568 g/mol. The van der Waals surface area contributed by atoms with Crippen LogP contribution in [-0.4, -0.2) is 86.2 Å². The third-order valence-electron chi connectivity index (χ3n) is 7.25. The van der Waals surface area contributed by atoms with Crippen LogP contribution in [0.4, 0.5) is 11.8 Å². The molecule has 16 nitrogen and oxygen atoms in total. The highest BCUT2D eigenvalue weighted by atomic mass is 16.6. The monoisotopic (exact) mass is 602 g/mol. The number of aromatic nitrogens is 10. The van der Waals surface area contributed by atoms with Gasteiger partial charge < -0.3 is 29.8 Å². The fraction of sp³-hybridized carbons (Fsp3) is 0.429. The van der Waals surface area contributed by atoms with E-state index in [2.05, 4.69) is 48.1 Å². The molecule has 16 heteroatoms. The van der Waals surface area contributed by atoms with Gasteiger partial charge in [-0.3, -0.25) is 9.36 Å². The summed E-state index contributed by atoms with van der Waals surface area (Å²) in [6, 6.07) is 10.1. The zero-order chi connectivity index (χ0) is 30.6. The van der Waals surface area contributed by atoms with Gasteiger partial charge >= 0.3 is 0 Å². The van der Waals surface area contributed by atoms with Gasteiger partial charge in [0.2, 0.25) is 11.8 Å². The van der Waals surface area contributed by atoms with Gasteiger partial charge in [-0.25, -0.2) is 9.97 Å². The number of hydrogen-bond donors (Lipinski definition) is 3. The van der Waals surface area contributed by atoms with Crippen molar-refractivity contribution in [2.45, 2.75) is 57.3 Å². The van der Waals surface area contributed by atoms with Gasteiger partial charge in [-0.05, 0) is 31.0 Å². The lowest BCUT2D eigenvalue weighted by Gasteiger charge is -2.18. The van der Waals surface area contributed by atoms with Crippen molar-refractivity contribution in [3.8, 4) is 0 Å². The molecule has 0 radical (unpaired) electrons. The fourth-order valence-corrected chi connectivity index (χ4v) is 5.05. The molecule has 0 saturated carbocycles. The summed E-state index contributed by atoms with van der Waals surface area (Å²) in [5.74, 6) is 1.08. The Hall–Kier alpha value is -4.96. The molecule has 1 aromatic carbocycles. The summed E-state index contributed by atoms with van der Waals surface area (Å²) < 4.78 is 15.0. The molecule has 5 aromatic rings. The van der Waals surface area contributed by atoms with Crippen molar-refractivity contribution in [3.05, 3.63) is 66.3 Å². The standard InChI is InChI=1S/C28H34N12O4/c1-17(2)40-36-25(35-37-40)23-22(43-16-41)21(42)27(44-23)39-15-32-20-24(29-11-9-18-7-5-4-6-8-18)33-28(34-26(20)39)30-12-10-19-13-38(3)14-31-19/h4-8,13-17,21-23,27,42H,9-12H2,1-3H3,(H2,29,30,33,34)/t21-,22+,23+,27-/m1/s1. The predicted molar refractivity (Wildman–Crippen MR) is 157 cm³/mol. The second-order valence-electron chi connectivity index (χ2n) is 10.8. The highest BCUT2D eigenvalue weighted by molar-refractivity contribution is 5.84. The third kappa shape index (κ3) is 6.07. The number of nitrogens with one attached hydrogen (secondary N) is 2. The Morgan fingerprint density at radius 2 is 1.91 bits per heavy atom. The molecule has 5 heterocycles. The van der Waals surface area contributed by atoms with Gasteiger partial charge in [-0.15, -0.1) is 10.2 Å². The molecule has 0 amide bonds. The van der Waals surface area contributed by atoms with Gasteiger partial charge in [0.1, 0.15) is 6.10 Å². The van der Waals surface area contributed by atoms with Crippen molar-refractivity contribution >= 4 is 29.4 Å². The van der Waals surface area contributed by atoms with E-state index in [9.17, 15) is 9.90 Å².